The van der Waals surface area contributed by atoms with Gasteiger partial charge in [-0.25, -0.2) is 4.39 Å². The van der Waals surface area contributed by atoms with Gasteiger partial charge in [0, 0.05) is 22.3 Å². The Hall–Kier alpha value is -3.43. The molecule has 1 saturated heterocycles. The summed E-state index contributed by atoms with van der Waals surface area (Å²) < 4.78 is 31.7. The van der Waals surface area contributed by atoms with Crippen LogP contribution in [-0.2, 0) is 0 Å². The molecular weight excluding hydrogens is 533 g/mol. The van der Waals surface area contributed by atoms with E-state index in [-0.39, 0.29) is 17.9 Å². The highest BCUT2D eigenvalue weighted by molar-refractivity contribution is 9.10. The molecule has 1 aliphatic heterocycles. The summed E-state index contributed by atoms with van der Waals surface area (Å²) in [6, 6.07) is 18.9. The van der Waals surface area contributed by atoms with Crippen LogP contribution in [0.5, 0.6) is 11.5 Å². The number of nitrogens with zero attached hydrogens (tertiary/aromatic N) is 2. The number of methoxy groups -OCH3 is 2. The molecule has 1 aliphatic rings. The molecular formula is C26H21BrFN3O3S. The second-order valence-electron chi connectivity index (χ2n) is 7.86. The average molecular weight is 554 g/mol. The van der Waals surface area contributed by atoms with Crippen LogP contribution in [0.3, 0.4) is 0 Å². The van der Waals surface area contributed by atoms with Gasteiger partial charge in [-0.3, -0.25) is 4.98 Å². The Balaban J connectivity index is 1.63. The van der Waals surface area contributed by atoms with E-state index in [4.69, 9.17) is 26.1 Å². The van der Waals surface area contributed by atoms with Crippen molar-refractivity contribution in [1.82, 2.24) is 10.3 Å². The molecule has 6 nitrogen and oxygen atoms in total. The van der Waals surface area contributed by atoms with Crippen LogP contribution in [0.25, 0.3) is 11.3 Å². The van der Waals surface area contributed by atoms with Gasteiger partial charge < -0.3 is 24.1 Å². The summed E-state index contributed by atoms with van der Waals surface area (Å²) >= 11 is 9.22. The Morgan fingerprint density at radius 2 is 1.91 bits per heavy atom. The molecule has 0 spiro atoms. The highest BCUT2D eigenvalue weighted by Crippen LogP contribution is 2.46. The summed E-state index contributed by atoms with van der Waals surface area (Å²) in [4.78, 5) is 6.53. The van der Waals surface area contributed by atoms with Crippen molar-refractivity contribution in [3.63, 3.8) is 0 Å². The molecule has 5 rings (SSSR count). The zero-order chi connectivity index (χ0) is 24.5. The van der Waals surface area contributed by atoms with Crippen molar-refractivity contribution in [1.29, 1.82) is 0 Å². The molecule has 1 N–H and O–H groups in total. The molecule has 0 unspecified atom stereocenters. The van der Waals surface area contributed by atoms with Crippen molar-refractivity contribution in [2.45, 2.75) is 12.1 Å². The molecule has 0 aliphatic carbocycles. The van der Waals surface area contributed by atoms with Crippen molar-refractivity contribution in [3.05, 3.63) is 94.7 Å². The maximum atomic E-state index is 13.6. The second-order valence-corrected chi connectivity index (χ2v) is 9.10. The fourth-order valence-electron chi connectivity index (χ4n) is 4.23. The number of nitrogens with one attached hydrogen (secondary N) is 1. The van der Waals surface area contributed by atoms with Crippen molar-refractivity contribution < 1.29 is 18.3 Å². The third-order valence-corrected chi connectivity index (χ3v) is 6.83. The van der Waals surface area contributed by atoms with Gasteiger partial charge in [-0.05, 0) is 82.7 Å². The van der Waals surface area contributed by atoms with Crippen LogP contribution in [-0.4, -0.2) is 24.3 Å². The number of pyridine rings is 1. The SMILES string of the molecule is COc1ccc(N2C(=S)N[C@@H](c3ccccn3)[C@@H]2c2ccc(-c3ccc(F)cc3Br)o2)c(OC)c1. The second kappa shape index (κ2) is 9.67. The molecule has 2 aromatic heterocycles. The Kier molecular flexibility index (Phi) is 6.44. The van der Waals surface area contributed by atoms with E-state index in [1.54, 1.807) is 26.5 Å². The average Bonchev–Trinajstić information content (AvgIpc) is 3.48. The highest BCUT2D eigenvalue weighted by Gasteiger charge is 2.43. The van der Waals surface area contributed by atoms with Crippen molar-refractivity contribution in [2.75, 3.05) is 19.1 Å². The van der Waals surface area contributed by atoms with Gasteiger partial charge in [-0.1, -0.05) is 6.07 Å². The van der Waals surface area contributed by atoms with E-state index in [0.29, 0.717) is 32.6 Å². The lowest BCUT2D eigenvalue weighted by Crippen LogP contribution is -2.29. The van der Waals surface area contributed by atoms with E-state index in [9.17, 15) is 4.39 Å². The number of hydrogen-bond donors (Lipinski definition) is 1. The third kappa shape index (κ3) is 4.37. The predicted octanol–water partition coefficient (Wildman–Crippen LogP) is 6.44. The maximum Gasteiger partial charge on any atom is 0.174 e. The van der Waals surface area contributed by atoms with Crippen LogP contribution in [0.15, 0.2) is 81.8 Å². The van der Waals surface area contributed by atoms with Crippen LogP contribution < -0.4 is 19.7 Å². The third-order valence-electron chi connectivity index (χ3n) is 5.86. The number of hydrogen-bond acceptors (Lipinski definition) is 5. The summed E-state index contributed by atoms with van der Waals surface area (Å²) in [5, 5.41) is 3.91. The Morgan fingerprint density at radius 3 is 2.63 bits per heavy atom. The standard InChI is InChI=1S/C26H21BrFN3O3S/c1-32-16-7-9-20(23(14-16)33-2)31-25(24(30-26(31)35)19-5-3-4-12-29-19)22-11-10-21(34-22)17-8-6-15(28)13-18(17)27/h3-14,24-25H,1-2H3,(H,30,35)/t24-,25-/m0/s1. The van der Waals surface area contributed by atoms with Crippen molar-refractivity contribution >= 4 is 38.9 Å². The van der Waals surface area contributed by atoms with Crippen LogP contribution in [0.4, 0.5) is 10.1 Å². The van der Waals surface area contributed by atoms with E-state index >= 15 is 0 Å². The van der Waals surface area contributed by atoms with E-state index < -0.39 is 0 Å². The lowest BCUT2D eigenvalue weighted by Gasteiger charge is -2.27. The molecule has 0 amide bonds. The smallest absolute Gasteiger partial charge is 0.174 e. The maximum absolute atomic E-state index is 13.6. The minimum atomic E-state index is -0.368. The highest BCUT2D eigenvalue weighted by atomic mass is 79.9. The molecule has 2 aromatic carbocycles. The largest absolute Gasteiger partial charge is 0.497 e. The van der Waals surface area contributed by atoms with Gasteiger partial charge >= 0.3 is 0 Å². The number of anilines is 1. The Bertz CT molecular complexity index is 1380. The molecule has 0 saturated carbocycles. The molecule has 0 bridgehead atoms. The van der Waals surface area contributed by atoms with E-state index in [2.05, 4.69) is 26.2 Å². The van der Waals surface area contributed by atoms with E-state index in [1.807, 2.05) is 53.4 Å². The lowest BCUT2D eigenvalue weighted by molar-refractivity contribution is 0.392. The number of benzene rings is 2. The summed E-state index contributed by atoms with van der Waals surface area (Å²) in [5.74, 6) is 2.21. The van der Waals surface area contributed by atoms with Gasteiger partial charge in [0.25, 0.3) is 0 Å². The predicted molar refractivity (Wildman–Crippen MR) is 139 cm³/mol. The van der Waals surface area contributed by atoms with Gasteiger partial charge in [0.1, 0.15) is 34.9 Å². The van der Waals surface area contributed by atoms with Crippen LogP contribution >= 0.6 is 28.1 Å². The number of ether oxygens (including phenoxy) is 2. The number of thiocarbonyl (C=S) groups is 1. The fraction of sp³-hybridized carbons (Fsp3) is 0.154. The Labute approximate surface area is 215 Å². The van der Waals surface area contributed by atoms with Crippen molar-refractivity contribution in [3.8, 4) is 22.8 Å². The summed E-state index contributed by atoms with van der Waals surface area (Å²) in [5.41, 5.74) is 2.32. The first-order valence-corrected chi connectivity index (χ1v) is 12.0. The van der Waals surface area contributed by atoms with Gasteiger partial charge in [0.15, 0.2) is 5.11 Å². The van der Waals surface area contributed by atoms with Crippen LogP contribution in [0.2, 0.25) is 0 Å². The first-order valence-electron chi connectivity index (χ1n) is 10.8. The lowest BCUT2D eigenvalue weighted by atomic mass is 10.0. The minimum absolute atomic E-state index is 0.286. The monoisotopic (exact) mass is 553 g/mol. The van der Waals surface area contributed by atoms with Crippen LogP contribution in [0.1, 0.15) is 23.5 Å². The van der Waals surface area contributed by atoms with Gasteiger partial charge in [0.05, 0.1) is 31.6 Å². The molecule has 3 heterocycles. The quantitative estimate of drug-likeness (QED) is 0.276. The summed E-state index contributed by atoms with van der Waals surface area (Å²) in [7, 11) is 3.21. The fourth-order valence-corrected chi connectivity index (χ4v) is 5.12. The molecule has 4 aromatic rings. The summed E-state index contributed by atoms with van der Waals surface area (Å²) in [6.07, 6.45) is 1.75. The molecule has 2 atom stereocenters. The number of halogens is 2. The Morgan fingerprint density at radius 1 is 1.06 bits per heavy atom. The summed E-state index contributed by atoms with van der Waals surface area (Å²) in [6.45, 7) is 0. The normalized spacial score (nSPS) is 17.4. The number of rotatable bonds is 6. The zero-order valence-corrected chi connectivity index (χ0v) is 21.3. The van der Waals surface area contributed by atoms with Gasteiger partial charge in [0.2, 0.25) is 0 Å². The minimum Gasteiger partial charge on any atom is -0.497 e. The molecule has 9 heteroatoms. The number of aromatic nitrogens is 1. The molecule has 35 heavy (non-hydrogen) atoms. The van der Waals surface area contributed by atoms with Gasteiger partial charge in [-0.2, -0.15) is 0 Å². The topological polar surface area (TPSA) is 59.8 Å². The van der Waals surface area contributed by atoms with E-state index in [0.717, 1.165) is 16.9 Å². The molecule has 0 radical (unpaired) electrons. The molecule has 1 fully saturated rings. The van der Waals surface area contributed by atoms with Crippen molar-refractivity contribution in [2.24, 2.45) is 0 Å². The van der Waals surface area contributed by atoms with Crippen LogP contribution in [0, 0.1) is 5.82 Å². The van der Waals surface area contributed by atoms with Gasteiger partial charge in [-0.15, -0.1) is 0 Å². The first kappa shape index (κ1) is 23.3. The first-order chi connectivity index (χ1) is 17.0. The molecule has 178 valence electrons. The zero-order valence-electron chi connectivity index (χ0n) is 18.9. The van der Waals surface area contributed by atoms with E-state index in [1.165, 1.54) is 12.1 Å². The number of furan rings is 1.